The third-order valence-corrected chi connectivity index (χ3v) is 1.66. The molecule has 13 heavy (non-hydrogen) atoms. The highest BCUT2D eigenvalue weighted by Crippen LogP contribution is 2.09. The van der Waals surface area contributed by atoms with Crippen molar-refractivity contribution in [2.75, 3.05) is 6.61 Å². The maximum atomic E-state index is 5.57. The zero-order chi connectivity index (χ0) is 10.1. The highest BCUT2D eigenvalue weighted by Gasteiger charge is 1.95. The number of ether oxygens (including phenoxy) is 1. The van der Waals surface area contributed by atoms with Gasteiger partial charge in [-0.15, -0.1) is 0 Å². The summed E-state index contributed by atoms with van der Waals surface area (Å²) in [6.45, 7) is 10.7. The molecule has 0 rings (SSSR count). The lowest BCUT2D eigenvalue weighted by atomic mass is 10.2. The molecule has 0 saturated carbocycles. The van der Waals surface area contributed by atoms with E-state index in [-0.39, 0.29) is 0 Å². The van der Waals surface area contributed by atoms with Crippen LogP contribution >= 0.6 is 0 Å². The molecule has 0 aliphatic heterocycles. The SMILES string of the molecule is C=C/C(C)=C(\C=C/CC)OCCC. The molecule has 0 aromatic heterocycles. The minimum Gasteiger partial charge on any atom is -0.493 e. The summed E-state index contributed by atoms with van der Waals surface area (Å²) in [7, 11) is 0. The summed E-state index contributed by atoms with van der Waals surface area (Å²) in [6.07, 6.45) is 8.01. The van der Waals surface area contributed by atoms with Crippen molar-refractivity contribution in [2.45, 2.75) is 33.6 Å². The molecule has 0 bridgehead atoms. The molecule has 0 N–H and O–H groups in total. The molecule has 0 heterocycles. The standard InChI is InChI=1S/C12H20O/c1-5-8-9-12(11(4)7-3)13-10-6-2/h7-9H,3,5-6,10H2,1-2,4H3/b9-8-,12-11+. The number of hydrogen-bond acceptors (Lipinski definition) is 1. The Morgan fingerprint density at radius 1 is 1.38 bits per heavy atom. The van der Waals surface area contributed by atoms with E-state index in [0.29, 0.717) is 0 Å². The zero-order valence-corrected chi connectivity index (χ0v) is 8.97. The van der Waals surface area contributed by atoms with Crippen LogP contribution in [0.15, 0.2) is 36.1 Å². The van der Waals surface area contributed by atoms with Crippen LogP contribution in [-0.4, -0.2) is 6.61 Å². The first-order valence-electron chi connectivity index (χ1n) is 4.88. The Kier molecular flexibility index (Phi) is 7.08. The van der Waals surface area contributed by atoms with Crippen molar-refractivity contribution in [1.82, 2.24) is 0 Å². The predicted molar refractivity (Wildman–Crippen MR) is 58.6 cm³/mol. The second-order valence-corrected chi connectivity index (χ2v) is 2.91. The first kappa shape index (κ1) is 12.0. The molecular weight excluding hydrogens is 160 g/mol. The molecule has 1 nitrogen and oxygen atoms in total. The average Bonchev–Trinajstić information content (AvgIpc) is 2.17. The first-order valence-corrected chi connectivity index (χ1v) is 4.88. The summed E-state index contributed by atoms with van der Waals surface area (Å²) in [5.41, 5.74) is 1.10. The normalized spacial score (nSPS) is 12.8. The van der Waals surface area contributed by atoms with Gasteiger partial charge in [-0.05, 0) is 31.4 Å². The summed E-state index contributed by atoms with van der Waals surface area (Å²) in [4.78, 5) is 0. The van der Waals surface area contributed by atoms with Gasteiger partial charge < -0.3 is 4.74 Å². The van der Waals surface area contributed by atoms with E-state index in [9.17, 15) is 0 Å². The summed E-state index contributed by atoms with van der Waals surface area (Å²) in [5, 5.41) is 0. The van der Waals surface area contributed by atoms with Gasteiger partial charge in [0.15, 0.2) is 0 Å². The largest absolute Gasteiger partial charge is 0.493 e. The Balaban J connectivity index is 4.36. The maximum absolute atomic E-state index is 5.57. The minimum absolute atomic E-state index is 0.772. The Bertz CT molecular complexity index is 199. The summed E-state index contributed by atoms with van der Waals surface area (Å²) in [6, 6.07) is 0. The van der Waals surface area contributed by atoms with E-state index in [0.717, 1.165) is 30.8 Å². The van der Waals surface area contributed by atoms with Gasteiger partial charge in [0.1, 0.15) is 5.76 Å². The Hall–Kier alpha value is -0.980. The van der Waals surface area contributed by atoms with Crippen molar-refractivity contribution < 1.29 is 4.74 Å². The molecule has 74 valence electrons. The van der Waals surface area contributed by atoms with Crippen molar-refractivity contribution in [3.05, 3.63) is 36.1 Å². The molecule has 0 aromatic rings. The van der Waals surface area contributed by atoms with Crippen LogP contribution in [0.3, 0.4) is 0 Å². The van der Waals surface area contributed by atoms with Crippen LogP contribution in [0.5, 0.6) is 0 Å². The van der Waals surface area contributed by atoms with Gasteiger partial charge in [-0.3, -0.25) is 0 Å². The van der Waals surface area contributed by atoms with Gasteiger partial charge in [-0.2, -0.15) is 0 Å². The molecule has 0 aromatic carbocycles. The molecule has 0 aliphatic carbocycles. The van der Waals surface area contributed by atoms with Gasteiger partial charge in [-0.1, -0.05) is 32.6 Å². The van der Waals surface area contributed by atoms with Gasteiger partial charge >= 0.3 is 0 Å². The molecule has 0 spiro atoms. The van der Waals surface area contributed by atoms with Crippen LogP contribution < -0.4 is 0 Å². The molecule has 0 atom stereocenters. The van der Waals surface area contributed by atoms with Crippen molar-refractivity contribution in [3.63, 3.8) is 0 Å². The molecule has 0 fully saturated rings. The van der Waals surface area contributed by atoms with E-state index in [4.69, 9.17) is 4.74 Å². The smallest absolute Gasteiger partial charge is 0.121 e. The van der Waals surface area contributed by atoms with Gasteiger partial charge in [-0.25, -0.2) is 0 Å². The van der Waals surface area contributed by atoms with Gasteiger partial charge in [0.2, 0.25) is 0 Å². The van der Waals surface area contributed by atoms with Gasteiger partial charge in [0.25, 0.3) is 0 Å². The average molecular weight is 180 g/mol. The van der Waals surface area contributed by atoms with E-state index in [1.165, 1.54) is 0 Å². The summed E-state index contributed by atoms with van der Waals surface area (Å²) in [5.74, 6) is 0.943. The monoisotopic (exact) mass is 180 g/mol. The lowest BCUT2D eigenvalue weighted by Gasteiger charge is -2.07. The predicted octanol–water partition coefficient (Wildman–Crippen LogP) is 3.84. The molecule has 0 radical (unpaired) electrons. The van der Waals surface area contributed by atoms with Crippen molar-refractivity contribution in [2.24, 2.45) is 0 Å². The zero-order valence-electron chi connectivity index (χ0n) is 8.97. The third-order valence-electron chi connectivity index (χ3n) is 1.66. The Morgan fingerprint density at radius 3 is 2.54 bits per heavy atom. The van der Waals surface area contributed by atoms with Crippen molar-refractivity contribution >= 4 is 0 Å². The van der Waals surface area contributed by atoms with Crippen LogP contribution in [-0.2, 0) is 4.74 Å². The second kappa shape index (κ2) is 7.66. The maximum Gasteiger partial charge on any atom is 0.121 e. The highest BCUT2D eigenvalue weighted by molar-refractivity contribution is 5.26. The van der Waals surface area contributed by atoms with Crippen LogP contribution in [0.1, 0.15) is 33.6 Å². The molecule has 0 unspecified atom stereocenters. The molecule has 0 aliphatic rings. The molecule has 1 heteroatoms. The third kappa shape index (κ3) is 5.29. The van der Waals surface area contributed by atoms with Crippen molar-refractivity contribution in [3.8, 4) is 0 Å². The number of allylic oxidation sites excluding steroid dienone is 4. The summed E-state index contributed by atoms with van der Waals surface area (Å²) < 4.78 is 5.57. The minimum atomic E-state index is 0.772. The topological polar surface area (TPSA) is 9.23 Å². The summed E-state index contributed by atoms with van der Waals surface area (Å²) >= 11 is 0. The van der Waals surface area contributed by atoms with E-state index in [1.54, 1.807) is 0 Å². The molecule has 0 amide bonds. The fourth-order valence-electron chi connectivity index (χ4n) is 0.831. The van der Waals surface area contributed by atoms with E-state index in [1.807, 2.05) is 19.1 Å². The van der Waals surface area contributed by atoms with Crippen LogP contribution in [0.2, 0.25) is 0 Å². The Labute approximate surface area is 81.8 Å². The Morgan fingerprint density at radius 2 is 2.08 bits per heavy atom. The van der Waals surface area contributed by atoms with E-state index < -0.39 is 0 Å². The van der Waals surface area contributed by atoms with E-state index in [2.05, 4.69) is 26.5 Å². The van der Waals surface area contributed by atoms with Gasteiger partial charge in [0.05, 0.1) is 6.61 Å². The van der Waals surface area contributed by atoms with Crippen LogP contribution in [0, 0.1) is 0 Å². The molecule has 0 saturated heterocycles. The second-order valence-electron chi connectivity index (χ2n) is 2.91. The lowest BCUT2D eigenvalue weighted by Crippen LogP contribution is -1.93. The fraction of sp³-hybridized carbons (Fsp3) is 0.500. The number of rotatable bonds is 6. The quantitative estimate of drug-likeness (QED) is 0.446. The fourth-order valence-corrected chi connectivity index (χ4v) is 0.831. The van der Waals surface area contributed by atoms with Crippen LogP contribution in [0.25, 0.3) is 0 Å². The van der Waals surface area contributed by atoms with Crippen molar-refractivity contribution in [1.29, 1.82) is 0 Å². The molecular formula is C12H20O. The van der Waals surface area contributed by atoms with Crippen LogP contribution in [0.4, 0.5) is 0 Å². The number of hydrogen-bond donors (Lipinski definition) is 0. The van der Waals surface area contributed by atoms with Gasteiger partial charge in [0, 0.05) is 0 Å². The van der Waals surface area contributed by atoms with E-state index >= 15 is 0 Å². The lowest BCUT2D eigenvalue weighted by molar-refractivity contribution is 0.222. The first-order chi connectivity index (χ1) is 6.26. The highest BCUT2D eigenvalue weighted by atomic mass is 16.5.